The first-order valence-electron chi connectivity index (χ1n) is 7.68. The maximum Gasteiger partial charge on any atom is 0.114 e. The van der Waals surface area contributed by atoms with E-state index in [9.17, 15) is 0 Å². The first-order valence-corrected chi connectivity index (χ1v) is 7.68. The highest BCUT2D eigenvalue weighted by Gasteiger charge is 2.69. The lowest BCUT2D eigenvalue weighted by atomic mass is 9.63. The van der Waals surface area contributed by atoms with Crippen molar-refractivity contribution in [2.45, 2.75) is 37.8 Å². The molecular weight excluding hydrogens is 256 g/mol. The Labute approximate surface area is 125 Å². The van der Waals surface area contributed by atoms with Crippen LogP contribution < -0.4 is 0 Å². The van der Waals surface area contributed by atoms with E-state index in [1.807, 2.05) is 0 Å². The van der Waals surface area contributed by atoms with E-state index >= 15 is 0 Å². The summed E-state index contributed by atoms with van der Waals surface area (Å²) in [5.74, 6) is 0. The molecule has 2 atom stereocenters. The van der Waals surface area contributed by atoms with E-state index in [2.05, 4.69) is 74.5 Å². The van der Waals surface area contributed by atoms with Gasteiger partial charge in [0.05, 0.1) is 0 Å². The largest absolute Gasteiger partial charge is 0.181 e. The van der Waals surface area contributed by atoms with Crippen LogP contribution in [0.2, 0.25) is 0 Å². The summed E-state index contributed by atoms with van der Waals surface area (Å²) in [5.41, 5.74) is 2.24. The van der Waals surface area contributed by atoms with Crippen LogP contribution in [-0.2, 0) is 11.1 Å². The Morgan fingerprint density at radius 3 is 1.38 bits per heavy atom. The molecule has 1 heterocycles. The molecule has 2 aromatic rings. The maximum absolute atomic E-state index is 4.83. The van der Waals surface area contributed by atoms with Crippen LogP contribution in [0, 0.1) is 5.41 Å². The average molecular weight is 276 g/mol. The van der Waals surface area contributed by atoms with Gasteiger partial charge in [0.25, 0.3) is 0 Å². The normalized spacial score (nSPS) is 32.5. The molecule has 1 fully saturated rings. The van der Waals surface area contributed by atoms with Crippen LogP contribution in [0.1, 0.15) is 37.8 Å². The Morgan fingerprint density at radius 2 is 1.05 bits per heavy atom. The fourth-order valence-electron chi connectivity index (χ4n) is 4.40. The smallest absolute Gasteiger partial charge is 0.114 e. The number of fused-ring (bicyclic) bond motifs is 2. The molecular formula is C19H20N2. The third-order valence-electron chi connectivity index (χ3n) is 5.81. The molecule has 0 aromatic heterocycles. The molecule has 2 bridgehead atoms. The fourth-order valence-corrected chi connectivity index (χ4v) is 4.40. The molecule has 0 spiro atoms. The minimum absolute atomic E-state index is 0.0112. The summed E-state index contributed by atoms with van der Waals surface area (Å²) in [6.45, 7) is 4.67. The van der Waals surface area contributed by atoms with Crippen LogP contribution in [0.15, 0.2) is 70.9 Å². The Bertz CT molecular complexity index is 631. The van der Waals surface area contributed by atoms with Crippen molar-refractivity contribution in [2.75, 3.05) is 0 Å². The van der Waals surface area contributed by atoms with Gasteiger partial charge < -0.3 is 0 Å². The monoisotopic (exact) mass is 276 g/mol. The summed E-state index contributed by atoms with van der Waals surface area (Å²) in [7, 11) is 0. The first kappa shape index (κ1) is 12.8. The molecule has 21 heavy (non-hydrogen) atoms. The Morgan fingerprint density at radius 1 is 0.667 bits per heavy atom. The van der Waals surface area contributed by atoms with Crippen molar-refractivity contribution in [1.82, 2.24) is 0 Å². The van der Waals surface area contributed by atoms with Crippen LogP contribution >= 0.6 is 0 Å². The lowest BCUT2D eigenvalue weighted by molar-refractivity contribution is 0.171. The number of benzene rings is 2. The van der Waals surface area contributed by atoms with E-state index in [0.29, 0.717) is 0 Å². The molecule has 0 unspecified atom stereocenters. The van der Waals surface area contributed by atoms with Crippen molar-refractivity contribution < 1.29 is 0 Å². The molecule has 106 valence electrons. The van der Waals surface area contributed by atoms with Gasteiger partial charge in [0.15, 0.2) is 0 Å². The standard InChI is InChI=1S/C19H20N2/c1-17(2)18(15-9-5-3-6-10-15)13-14-19(17,21-20-18)16-11-7-4-8-12-16/h3-12H,13-14H2,1-2H3/t18-,19+. The van der Waals surface area contributed by atoms with Crippen molar-refractivity contribution in [3.8, 4) is 0 Å². The fraction of sp³-hybridized carbons (Fsp3) is 0.368. The number of azo groups is 1. The molecule has 0 radical (unpaired) electrons. The van der Waals surface area contributed by atoms with Crippen molar-refractivity contribution >= 4 is 0 Å². The third-order valence-corrected chi connectivity index (χ3v) is 5.81. The number of hydrogen-bond donors (Lipinski definition) is 0. The van der Waals surface area contributed by atoms with Crippen LogP contribution in [0.25, 0.3) is 0 Å². The van der Waals surface area contributed by atoms with Crippen molar-refractivity contribution in [1.29, 1.82) is 0 Å². The highest BCUT2D eigenvalue weighted by Crippen LogP contribution is 2.69. The molecule has 2 nitrogen and oxygen atoms in total. The van der Waals surface area contributed by atoms with Gasteiger partial charge in [-0.15, -0.1) is 0 Å². The van der Waals surface area contributed by atoms with Crippen molar-refractivity contribution in [3.05, 3.63) is 71.8 Å². The molecule has 1 aliphatic carbocycles. The van der Waals surface area contributed by atoms with Gasteiger partial charge in [0, 0.05) is 5.41 Å². The molecule has 2 aromatic carbocycles. The molecule has 1 aliphatic heterocycles. The molecule has 0 amide bonds. The quantitative estimate of drug-likeness (QED) is 0.732. The second kappa shape index (κ2) is 4.03. The van der Waals surface area contributed by atoms with Crippen LogP contribution in [-0.4, -0.2) is 0 Å². The van der Waals surface area contributed by atoms with Crippen LogP contribution in [0.3, 0.4) is 0 Å². The van der Waals surface area contributed by atoms with Gasteiger partial charge in [0.2, 0.25) is 0 Å². The van der Waals surface area contributed by atoms with E-state index in [0.717, 1.165) is 12.8 Å². The average Bonchev–Trinajstić information content (AvgIpc) is 2.92. The molecule has 0 N–H and O–H groups in total. The van der Waals surface area contributed by atoms with Crippen LogP contribution in [0.4, 0.5) is 0 Å². The lowest BCUT2D eigenvalue weighted by Crippen LogP contribution is -2.41. The molecule has 4 rings (SSSR count). The summed E-state index contributed by atoms with van der Waals surface area (Å²) < 4.78 is 0. The van der Waals surface area contributed by atoms with E-state index in [-0.39, 0.29) is 16.5 Å². The predicted octanol–water partition coefficient (Wildman–Crippen LogP) is 5.06. The number of hydrogen-bond acceptors (Lipinski definition) is 2. The summed E-state index contributed by atoms with van der Waals surface area (Å²) in [5, 5.41) is 9.66. The Balaban J connectivity index is 1.89. The SMILES string of the molecule is CC1(C)[C@@]2(c3ccccc3)CC[C@]1(c1ccccc1)N=N2. The maximum atomic E-state index is 4.83. The summed E-state index contributed by atoms with van der Waals surface area (Å²) >= 11 is 0. The van der Waals surface area contributed by atoms with Gasteiger partial charge in [0.1, 0.15) is 11.1 Å². The minimum atomic E-state index is -0.176. The highest BCUT2D eigenvalue weighted by atomic mass is 15.3. The van der Waals surface area contributed by atoms with E-state index in [1.54, 1.807) is 0 Å². The first-order chi connectivity index (χ1) is 10.1. The zero-order valence-corrected chi connectivity index (χ0v) is 12.6. The van der Waals surface area contributed by atoms with Gasteiger partial charge in [-0.3, -0.25) is 0 Å². The number of nitrogens with zero attached hydrogens (tertiary/aromatic N) is 2. The lowest BCUT2D eigenvalue weighted by Gasteiger charge is -2.39. The van der Waals surface area contributed by atoms with Gasteiger partial charge >= 0.3 is 0 Å². The topological polar surface area (TPSA) is 24.7 Å². The summed E-state index contributed by atoms with van der Waals surface area (Å²) in [6.07, 6.45) is 2.14. The highest BCUT2D eigenvalue weighted by molar-refractivity contribution is 5.41. The van der Waals surface area contributed by atoms with E-state index in [4.69, 9.17) is 10.2 Å². The van der Waals surface area contributed by atoms with Gasteiger partial charge in [-0.1, -0.05) is 74.5 Å². The third kappa shape index (κ3) is 1.38. The van der Waals surface area contributed by atoms with Gasteiger partial charge in [-0.25, -0.2) is 0 Å². The molecule has 2 aliphatic rings. The molecule has 0 saturated heterocycles. The second-order valence-corrected chi connectivity index (χ2v) is 6.78. The summed E-state index contributed by atoms with van der Waals surface area (Å²) in [6, 6.07) is 21.4. The Kier molecular flexibility index (Phi) is 2.45. The van der Waals surface area contributed by atoms with Crippen molar-refractivity contribution in [3.63, 3.8) is 0 Å². The van der Waals surface area contributed by atoms with Gasteiger partial charge in [-0.05, 0) is 24.0 Å². The molecule has 2 heteroatoms. The molecule has 1 saturated carbocycles. The zero-order chi connectivity index (χ0) is 14.6. The minimum Gasteiger partial charge on any atom is -0.181 e. The van der Waals surface area contributed by atoms with Gasteiger partial charge in [-0.2, -0.15) is 10.2 Å². The zero-order valence-electron chi connectivity index (χ0n) is 12.6. The van der Waals surface area contributed by atoms with Crippen molar-refractivity contribution in [2.24, 2.45) is 15.6 Å². The van der Waals surface area contributed by atoms with E-state index in [1.165, 1.54) is 11.1 Å². The number of rotatable bonds is 2. The van der Waals surface area contributed by atoms with E-state index < -0.39 is 0 Å². The second-order valence-electron chi connectivity index (χ2n) is 6.78. The Hall–Kier alpha value is -1.96. The predicted molar refractivity (Wildman–Crippen MR) is 84.1 cm³/mol. The van der Waals surface area contributed by atoms with Crippen LogP contribution in [0.5, 0.6) is 0 Å². The summed E-state index contributed by atoms with van der Waals surface area (Å²) in [4.78, 5) is 0.